The predicted octanol–water partition coefficient (Wildman–Crippen LogP) is 8.25. The lowest BCUT2D eigenvalue weighted by atomic mass is 9.59. The highest BCUT2D eigenvalue weighted by Crippen LogP contribution is 2.55. The molecular weight excluding hydrogens is 772 g/mol. The Morgan fingerprint density at radius 1 is 0.796 bits per heavy atom. The maximum Gasteiger partial charge on any atom is 0.475 e. The minimum absolute atomic E-state index is 0.00244. The largest absolute Gasteiger partial charge is 0.484 e. The second-order valence-electron chi connectivity index (χ2n) is 15.6. The molecule has 2 aromatic rings. The van der Waals surface area contributed by atoms with Gasteiger partial charge in [-0.15, -0.1) is 0 Å². The maximum atomic E-state index is 13.9. The average Bonchev–Trinajstić information content (AvgIpc) is 3.04. The van der Waals surface area contributed by atoms with E-state index in [4.69, 9.17) is 51.0 Å². The van der Waals surface area contributed by atoms with Crippen molar-refractivity contribution >= 4 is 48.8 Å². The van der Waals surface area contributed by atoms with Gasteiger partial charge in [0.15, 0.2) is 13.2 Å². The molecule has 0 saturated heterocycles. The van der Waals surface area contributed by atoms with Gasteiger partial charge in [-0.05, 0) is 104 Å². The number of amides is 2. The molecule has 0 aromatic heterocycles. The van der Waals surface area contributed by atoms with E-state index in [9.17, 15) is 27.7 Å². The van der Waals surface area contributed by atoms with E-state index in [2.05, 4.69) is 10.6 Å². The van der Waals surface area contributed by atoms with Crippen LogP contribution in [0, 0.1) is 11.6 Å². The first-order chi connectivity index (χ1) is 25.1. The van der Waals surface area contributed by atoms with Crippen molar-refractivity contribution in [1.29, 1.82) is 0 Å². The summed E-state index contributed by atoms with van der Waals surface area (Å²) >= 11 is 11.5. The first-order valence-electron chi connectivity index (χ1n) is 17.7. The molecular formula is C37H49Cl2F2N2O10P. The maximum absolute atomic E-state index is 13.9. The van der Waals surface area contributed by atoms with Gasteiger partial charge in [0, 0.05) is 30.5 Å². The molecule has 3 saturated carbocycles. The lowest BCUT2D eigenvalue weighted by Gasteiger charge is -2.57. The van der Waals surface area contributed by atoms with Crippen molar-refractivity contribution < 1.29 is 55.5 Å². The van der Waals surface area contributed by atoms with E-state index in [1.807, 2.05) is 0 Å². The number of carbonyl (C=O) groups excluding carboxylic acids is 3. The summed E-state index contributed by atoms with van der Waals surface area (Å²) < 4.78 is 75.0. The summed E-state index contributed by atoms with van der Waals surface area (Å²) in [5.74, 6) is -2.64. The van der Waals surface area contributed by atoms with Gasteiger partial charge in [-0.1, -0.05) is 23.2 Å². The lowest BCUT2D eigenvalue weighted by molar-refractivity contribution is -0.167. The van der Waals surface area contributed by atoms with Crippen molar-refractivity contribution in [3.8, 4) is 11.5 Å². The summed E-state index contributed by atoms with van der Waals surface area (Å²) in [5, 5.41) is 5.87. The molecule has 300 valence electrons. The van der Waals surface area contributed by atoms with Crippen molar-refractivity contribution in [2.45, 2.75) is 121 Å². The quantitative estimate of drug-likeness (QED) is 0.0908. The topological polar surface area (TPSA) is 148 Å². The highest BCUT2D eigenvalue weighted by atomic mass is 35.5. The zero-order valence-corrected chi connectivity index (χ0v) is 33.8. The van der Waals surface area contributed by atoms with Crippen LogP contribution in [0.3, 0.4) is 0 Å². The molecule has 12 nitrogen and oxygen atoms in total. The van der Waals surface area contributed by atoms with Crippen LogP contribution in [-0.2, 0) is 37.3 Å². The Balaban J connectivity index is 1.38. The van der Waals surface area contributed by atoms with Crippen LogP contribution in [0.15, 0.2) is 36.4 Å². The van der Waals surface area contributed by atoms with Crippen molar-refractivity contribution in [3.63, 3.8) is 0 Å². The number of carbonyl (C=O) groups is 3. The number of rotatable bonds is 17. The zero-order valence-electron chi connectivity index (χ0n) is 31.4. The minimum atomic E-state index is -3.92. The SMILES string of the molecule is CC(C)(C)OP(=O)(OCCCCC(=O)O[C@@H]1CC2(NC(=O)COc3ccc(Cl)c(F)c3)CCC1(NC(=O)COc1ccc(Cl)c(F)c1)CC2)OC(C)(C)C. The summed E-state index contributed by atoms with van der Waals surface area (Å²) in [4.78, 5) is 39.5. The number of esters is 1. The fraction of sp³-hybridized carbons (Fsp3) is 0.595. The number of unbranched alkanes of at least 4 members (excludes halogenated alkanes) is 1. The Kier molecular flexibility index (Phi) is 14.5. The minimum Gasteiger partial charge on any atom is -0.484 e. The third-order valence-electron chi connectivity index (χ3n) is 8.68. The van der Waals surface area contributed by atoms with E-state index in [1.165, 1.54) is 24.3 Å². The molecule has 1 atom stereocenters. The third-order valence-corrected chi connectivity index (χ3v) is 11.3. The second-order valence-corrected chi connectivity index (χ2v) is 17.9. The van der Waals surface area contributed by atoms with E-state index >= 15 is 0 Å². The number of nitrogens with one attached hydrogen (secondary N) is 2. The highest BCUT2D eigenvalue weighted by Gasteiger charge is 2.57. The number of phosphoric acid groups is 1. The molecule has 2 bridgehead atoms. The van der Waals surface area contributed by atoms with E-state index in [0.717, 1.165) is 12.1 Å². The Hall–Kier alpha value is -3.00. The number of phosphoric ester groups is 1. The predicted molar refractivity (Wildman–Crippen MR) is 198 cm³/mol. The van der Waals surface area contributed by atoms with Crippen molar-refractivity contribution in [2.24, 2.45) is 0 Å². The smallest absolute Gasteiger partial charge is 0.475 e. The summed E-state index contributed by atoms with van der Waals surface area (Å²) in [5.41, 5.74) is -3.32. The van der Waals surface area contributed by atoms with Crippen LogP contribution in [0.25, 0.3) is 0 Å². The van der Waals surface area contributed by atoms with Crippen LogP contribution >= 0.6 is 31.0 Å². The van der Waals surface area contributed by atoms with Gasteiger partial charge >= 0.3 is 13.8 Å². The van der Waals surface area contributed by atoms with Crippen LogP contribution in [0.2, 0.25) is 10.0 Å². The first-order valence-corrected chi connectivity index (χ1v) is 19.9. The van der Waals surface area contributed by atoms with Gasteiger partial charge in [0.05, 0.1) is 33.4 Å². The Labute approximate surface area is 324 Å². The lowest BCUT2D eigenvalue weighted by Crippen LogP contribution is -2.71. The molecule has 17 heteroatoms. The molecule has 3 aliphatic rings. The Bertz CT molecular complexity index is 1690. The van der Waals surface area contributed by atoms with Gasteiger partial charge in [-0.2, -0.15) is 0 Å². The molecule has 5 rings (SSSR count). The number of halogens is 4. The van der Waals surface area contributed by atoms with E-state index in [-0.39, 0.29) is 41.0 Å². The molecule has 0 radical (unpaired) electrons. The van der Waals surface area contributed by atoms with Crippen LogP contribution in [0.1, 0.15) is 92.9 Å². The fourth-order valence-electron chi connectivity index (χ4n) is 6.37. The molecule has 0 heterocycles. The average molecular weight is 822 g/mol. The highest BCUT2D eigenvalue weighted by molar-refractivity contribution is 7.48. The summed E-state index contributed by atoms with van der Waals surface area (Å²) in [6, 6.07) is 7.68. The van der Waals surface area contributed by atoms with Crippen molar-refractivity contribution in [2.75, 3.05) is 19.8 Å². The monoisotopic (exact) mass is 820 g/mol. The first kappa shape index (κ1) is 43.7. The molecule has 2 aromatic carbocycles. The summed E-state index contributed by atoms with van der Waals surface area (Å²) in [7, 11) is -3.92. The summed E-state index contributed by atoms with van der Waals surface area (Å²) in [6.45, 7) is 9.58. The molecule has 3 fully saturated rings. The number of benzene rings is 2. The van der Waals surface area contributed by atoms with E-state index in [0.29, 0.717) is 38.5 Å². The van der Waals surface area contributed by atoms with Crippen molar-refractivity contribution in [1.82, 2.24) is 10.6 Å². The zero-order chi connectivity index (χ0) is 40.0. The molecule has 2 amide bonds. The molecule has 3 aliphatic carbocycles. The van der Waals surface area contributed by atoms with Crippen LogP contribution in [0.5, 0.6) is 11.5 Å². The Morgan fingerprint density at radius 2 is 1.30 bits per heavy atom. The second kappa shape index (κ2) is 17.9. The van der Waals surface area contributed by atoms with Crippen LogP contribution in [-0.4, -0.2) is 66.0 Å². The van der Waals surface area contributed by atoms with Crippen LogP contribution < -0.4 is 20.1 Å². The van der Waals surface area contributed by atoms with Gasteiger partial charge in [0.2, 0.25) is 0 Å². The van der Waals surface area contributed by atoms with Gasteiger partial charge in [0.1, 0.15) is 29.2 Å². The Morgan fingerprint density at radius 3 is 1.78 bits per heavy atom. The molecule has 54 heavy (non-hydrogen) atoms. The number of fused-ring (bicyclic) bond motifs is 3. The number of hydrogen-bond donors (Lipinski definition) is 2. The molecule has 0 aliphatic heterocycles. The third kappa shape index (κ3) is 13.1. The number of ether oxygens (including phenoxy) is 3. The van der Waals surface area contributed by atoms with Gasteiger partial charge in [-0.3, -0.25) is 28.0 Å². The molecule has 0 spiro atoms. The summed E-state index contributed by atoms with van der Waals surface area (Å²) in [6.07, 6.45) is 1.66. The molecule has 0 unspecified atom stereocenters. The van der Waals surface area contributed by atoms with E-state index in [1.54, 1.807) is 41.5 Å². The fourth-order valence-corrected chi connectivity index (χ4v) is 8.44. The number of hydrogen-bond acceptors (Lipinski definition) is 10. The molecule has 2 N–H and O–H groups in total. The standard InChI is InChI=1S/C37H49Cl2F2N2O10P/c1-34(2,3)52-54(47,53-35(4,5)6)50-18-8-7-9-33(46)51-30-21-36(42-31(44)22-48-24-10-12-26(38)28(40)19-24)14-16-37(30,17-15-36)43-32(45)23-49-25-11-13-27(39)29(41)20-25/h10-13,19-20,30H,7-9,14-18,21-23H2,1-6H3,(H,42,44)(H,43,45)/t30-,36?,37?/m1/s1. The van der Waals surface area contributed by atoms with Gasteiger partial charge < -0.3 is 24.8 Å². The van der Waals surface area contributed by atoms with Crippen LogP contribution in [0.4, 0.5) is 8.78 Å². The normalized spacial score (nSPS) is 21.3. The van der Waals surface area contributed by atoms with E-state index < -0.39 is 78.8 Å². The van der Waals surface area contributed by atoms with Gasteiger partial charge in [0.25, 0.3) is 11.8 Å². The van der Waals surface area contributed by atoms with Crippen molar-refractivity contribution in [3.05, 3.63) is 58.1 Å². The van der Waals surface area contributed by atoms with Gasteiger partial charge in [-0.25, -0.2) is 13.3 Å².